The van der Waals surface area contributed by atoms with Crippen molar-refractivity contribution < 1.29 is 4.79 Å². The van der Waals surface area contributed by atoms with Crippen LogP contribution in [0.1, 0.15) is 24.2 Å². The molecule has 6 heteroatoms. The predicted molar refractivity (Wildman–Crippen MR) is 94.1 cm³/mol. The second-order valence-corrected chi connectivity index (χ2v) is 5.97. The van der Waals surface area contributed by atoms with Crippen LogP contribution in [0.2, 0.25) is 0 Å². The maximum absolute atomic E-state index is 12.2. The van der Waals surface area contributed by atoms with E-state index in [9.17, 15) is 4.79 Å². The topological polar surface area (TPSA) is 70.2 Å². The van der Waals surface area contributed by atoms with Crippen LogP contribution in [0, 0.1) is 5.92 Å². The maximum atomic E-state index is 12.2. The highest BCUT2D eigenvalue weighted by atomic mass is 16.1. The van der Waals surface area contributed by atoms with Crippen LogP contribution in [0.25, 0.3) is 0 Å². The first-order valence-corrected chi connectivity index (χ1v) is 7.60. The number of hydrogen-bond donors (Lipinski definition) is 2. The van der Waals surface area contributed by atoms with E-state index in [0.717, 1.165) is 17.9 Å². The van der Waals surface area contributed by atoms with Crippen molar-refractivity contribution in [3.05, 3.63) is 42.2 Å². The van der Waals surface area contributed by atoms with E-state index < -0.39 is 0 Å². The molecule has 6 nitrogen and oxygen atoms in total. The van der Waals surface area contributed by atoms with E-state index in [4.69, 9.17) is 0 Å². The molecule has 122 valence electrons. The molecule has 2 N–H and O–H groups in total. The first kappa shape index (κ1) is 16.7. The molecule has 0 radical (unpaired) electrons. The van der Waals surface area contributed by atoms with Crippen molar-refractivity contribution in [1.82, 2.24) is 9.97 Å². The normalized spacial score (nSPS) is 10.5. The van der Waals surface area contributed by atoms with Gasteiger partial charge in [-0.15, -0.1) is 0 Å². The van der Waals surface area contributed by atoms with E-state index in [-0.39, 0.29) is 5.91 Å². The summed E-state index contributed by atoms with van der Waals surface area (Å²) >= 11 is 0. The van der Waals surface area contributed by atoms with Crippen molar-refractivity contribution >= 4 is 23.2 Å². The molecule has 1 aromatic carbocycles. The molecule has 1 amide bonds. The van der Waals surface area contributed by atoms with Crippen molar-refractivity contribution in [2.24, 2.45) is 5.92 Å². The number of carbonyl (C=O) groups excluding carboxylic acids is 1. The zero-order valence-electron chi connectivity index (χ0n) is 14.0. The Bertz CT molecular complexity index is 635. The number of aromatic nitrogens is 2. The van der Waals surface area contributed by atoms with Gasteiger partial charge in [-0.25, -0.2) is 9.97 Å². The Morgan fingerprint density at radius 2 is 1.74 bits per heavy atom. The van der Waals surface area contributed by atoms with Gasteiger partial charge in [0.25, 0.3) is 5.91 Å². The third-order valence-electron chi connectivity index (χ3n) is 3.22. The molecule has 2 aromatic rings. The molecule has 2 rings (SSSR count). The van der Waals surface area contributed by atoms with E-state index in [1.807, 2.05) is 43.3 Å². The monoisotopic (exact) mass is 313 g/mol. The molecule has 0 saturated heterocycles. The summed E-state index contributed by atoms with van der Waals surface area (Å²) < 4.78 is 0. The van der Waals surface area contributed by atoms with Gasteiger partial charge in [0.1, 0.15) is 0 Å². The average molecular weight is 313 g/mol. The standard InChI is InChI=1S/C17H23N5O/c1-12(2)9-18-17-19-10-13(11-20-17)16(23)21-14-5-7-15(8-6-14)22(3)4/h5-8,10-12H,9H2,1-4H3,(H,21,23)(H,18,19,20). The van der Waals surface area contributed by atoms with E-state index in [1.165, 1.54) is 12.4 Å². The van der Waals surface area contributed by atoms with Crippen LogP contribution < -0.4 is 15.5 Å². The molecule has 0 saturated carbocycles. The highest BCUT2D eigenvalue weighted by molar-refractivity contribution is 6.03. The highest BCUT2D eigenvalue weighted by Crippen LogP contribution is 2.16. The summed E-state index contributed by atoms with van der Waals surface area (Å²) in [7, 11) is 3.94. The lowest BCUT2D eigenvalue weighted by atomic mass is 10.2. The van der Waals surface area contributed by atoms with Crippen molar-refractivity contribution in [3.8, 4) is 0 Å². The van der Waals surface area contributed by atoms with Crippen molar-refractivity contribution in [3.63, 3.8) is 0 Å². The molecule has 1 heterocycles. The molecule has 23 heavy (non-hydrogen) atoms. The van der Waals surface area contributed by atoms with Gasteiger partial charge in [0.15, 0.2) is 0 Å². The predicted octanol–water partition coefficient (Wildman–Crippen LogP) is 2.86. The Labute approximate surface area is 137 Å². The summed E-state index contributed by atoms with van der Waals surface area (Å²) in [4.78, 5) is 22.5. The second kappa shape index (κ2) is 7.58. The summed E-state index contributed by atoms with van der Waals surface area (Å²) in [5.74, 6) is 0.815. The van der Waals surface area contributed by atoms with Gasteiger partial charge < -0.3 is 15.5 Å². The fourth-order valence-electron chi connectivity index (χ4n) is 1.88. The lowest BCUT2D eigenvalue weighted by molar-refractivity contribution is 0.102. The second-order valence-electron chi connectivity index (χ2n) is 5.97. The van der Waals surface area contributed by atoms with Gasteiger partial charge in [-0.1, -0.05) is 13.8 Å². The van der Waals surface area contributed by atoms with Gasteiger partial charge in [-0.05, 0) is 30.2 Å². The summed E-state index contributed by atoms with van der Waals surface area (Å²) in [5.41, 5.74) is 2.24. The molecule has 0 aliphatic rings. The summed E-state index contributed by atoms with van der Waals surface area (Å²) in [6.07, 6.45) is 3.05. The number of nitrogens with zero attached hydrogens (tertiary/aromatic N) is 3. The summed E-state index contributed by atoms with van der Waals surface area (Å²) in [6, 6.07) is 7.63. The van der Waals surface area contributed by atoms with Gasteiger partial charge >= 0.3 is 0 Å². The van der Waals surface area contributed by atoms with E-state index in [0.29, 0.717) is 17.4 Å². The lowest BCUT2D eigenvalue weighted by Crippen LogP contribution is -2.15. The molecule has 0 aliphatic carbocycles. The van der Waals surface area contributed by atoms with Crippen LogP contribution in [0.5, 0.6) is 0 Å². The van der Waals surface area contributed by atoms with Gasteiger partial charge in [0, 0.05) is 44.4 Å². The average Bonchev–Trinajstić information content (AvgIpc) is 2.54. The first-order valence-electron chi connectivity index (χ1n) is 7.60. The molecule has 0 atom stereocenters. The number of amides is 1. The van der Waals surface area contributed by atoms with Gasteiger partial charge in [0.05, 0.1) is 5.56 Å². The minimum absolute atomic E-state index is 0.224. The van der Waals surface area contributed by atoms with Crippen LogP contribution >= 0.6 is 0 Å². The molecule has 0 spiro atoms. The van der Waals surface area contributed by atoms with Gasteiger partial charge in [-0.2, -0.15) is 0 Å². The Hall–Kier alpha value is -2.63. The number of nitrogens with one attached hydrogen (secondary N) is 2. The zero-order chi connectivity index (χ0) is 16.8. The number of carbonyl (C=O) groups is 1. The molecule has 0 bridgehead atoms. The van der Waals surface area contributed by atoms with E-state index >= 15 is 0 Å². The van der Waals surface area contributed by atoms with Crippen LogP contribution in [-0.4, -0.2) is 36.5 Å². The summed E-state index contributed by atoms with van der Waals surface area (Å²) in [5, 5.41) is 5.95. The van der Waals surface area contributed by atoms with Crippen LogP contribution in [0.3, 0.4) is 0 Å². The maximum Gasteiger partial charge on any atom is 0.258 e. The Kier molecular flexibility index (Phi) is 5.51. The molecule has 0 unspecified atom stereocenters. The summed E-state index contributed by atoms with van der Waals surface area (Å²) in [6.45, 7) is 5.01. The largest absolute Gasteiger partial charge is 0.378 e. The fraction of sp³-hybridized carbons (Fsp3) is 0.353. The van der Waals surface area contributed by atoms with Crippen molar-refractivity contribution in [2.45, 2.75) is 13.8 Å². The number of rotatable bonds is 6. The van der Waals surface area contributed by atoms with Crippen molar-refractivity contribution in [1.29, 1.82) is 0 Å². The minimum atomic E-state index is -0.224. The number of benzene rings is 1. The van der Waals surface area contributed by atoms with E-state index in [2.05, 4.69) is 34.4 Å². The fourth-order valence-corrected chi connectivity index (χ4v) is 1.88. The Balaban J connectivity index is 1.97. The van der Waals surface area contributed by atoms with Gasteiger partial charge in [-0.3, -0.25) is 4.79 Å². The quantitative estimate of drug-likeness (QED) is 0.858. The third kappa shape index (κ3) is 4.95. The van der Waals surface area contributed by atoms with Crippen molar-refractivity contribution in [2.75, 3.05) is 36.2 Å². The smallest absolute Gasteiger partial charge is 0.258 e. The zero-order valence-corrected chi connectivity index (χ0v) is 14.0. The molecule has 1 aromatic heterocycles. The van der Waals surface area contributed by atoms with Crippen LogP contribution in [0.4, 0.5) is 17.3 Å². The highest BCUT2D eigenvalue weighted by Gasteiger charge is 2.08. The minimum Gasteiger partial charge on any atom is -0.378 e. The molecular formula is C17H23N5O. The number of anilines is 3. The third-order valence-corrected chi connectivity index (χ3v) is 3.22. The number of hydrogen-bond acceptors (Lipinski definition) is 5. The molecule has 0 aliphatic heterocycles. The molecule has 0 fully saturated rings. The Morgan fingerprint density at radius 3 is 2.26 bits per heavy atom. The lowest BCUT2D eigenvalue weighted by Gasteiger charge is -2.13. The first-order chi connectivity index (χ1) is 11.0. The van der Waals surface area contributed by atoms with Crippen LogP contribution in [-0.2, 0) is 0 Å². The van der Waals surface area contributed by atoms with Gasteiger partial charge in [0.2, 0.25) is 5.95 Å². The Morgan fingerprint density at radius 1 is 1.13 bits per heavy atom. The SMILES string of the molecule is CC(C)CNc1ncc(C(=O)Nc2ccc(N(C)C)cc2)cn1. The molecular weight excluding hydrogens is 290 g/mol. The van der Waals surface area contributed by atoms with Crippen LogP contribution in [0.15, 0.2) is 36.7 Å². The van der Waals surface area contributed by atoms with E-state index in [1.54, 1.807) is 0 Å².